The number of hydrogen-bond acceptors (Lipinski definition) is 4. The lowest BCUT2D eigenvalue weighted by molar-refractivity contribution is -0.120. The number of nitrogens with zero attached hydrogens (tertiary/aromatic N) is 1. The van der Waals surface area contributed by atoms with Crippen LogP contribution in [0.15, 0.2) is 18.2 Å². The van der Waals surface area contributed by atoms with Gasteiger partial charge < -0.3 is 16.0 Å². The highest BCUT2D eigenvalue weighted by molar-refractivity contribution is 5.99. The number of Topliss-reactive ketones (excluding diaryl/α,β-unsaturated/α-hetero) is 1. The summed E-state index contributed by atoms with van der Waals surface area (Å²) >= 11 is 0. The van der Waals surface area contributed by atoms with E-state index in [0.717, 1.165) is 12.2 Å². The Morgan fingerprint density at radius 2 is 2.24 bits per heavy atom. The molecule has 5 nitrogen and oxygen atoms in total. The first-order valence-electron chi connectivity index (χ1n) is 5.50. The normalized spacial score (nSPS) is 15.6. The van der Waals surface area contributed by atoms with E-state index in [-0.39, 0.29) is 11.7 Å². The van der Waals surface area contributed by atoms with Gasteiger partial charge in [-0.25, -0.2) is 0 Å². The quantitative estimate of drug-likeness (QED) is 0.573. The van der Waals surface area contributed by atoms with Crippen LogP contribution in [0.2, 0.25) is 0 Å². The number of amides is 1. The highest BCUT2D eigenvalue weighted by Crippen LogP contribution is 2.22. The van der Waals surface area contributed by atoms with Crippen LogP contribution in [0.25, 0.3) is 0 Å². The fourth-order valence-corrected chi connectivity index (χ4v) is 1.93. The molecule has 1 heterocycles. The van der Waals surface area contributed by atoms with Crippen LogP contribution in [0.5, 0.6) is 0 Å². The topological polar surface area (TPSA) is 75.4 Å². The number of nitrogens with two attached hydrogens (primary N) is 1. The summed E-state index contributed by atoms with van der Waals surface area (Å²) in [7, 11) is 0. The van der Waals surface area contributed by atoms with E-state index in [9.17, 15) is 9.59 Å². The zero-order chi connectivity index (χ0) is 12.4. The van der Waals surface area contributed by atoms with Gasteiger partial charge in [0, 0.05) is 30.0 Å². The van der Waals surface area contributed by atoms with Crippen molar-refractivity contribution in [2.45, 2.75) is 6.92 Å². The fourth-order valence-electron chi connectivity index (χ4n) is 1.93. The minimum Gasteiger partial charge on any atom is -0.398 e. The lowest BCUT2D eigenvalue weighted by atomic mass is 10.1. The molecule has 0 aromatic heterocycles. The van der Waals surface area contributed by atoms with Gasteiger partial charge in [-0.15, -0.1) is 0 Å². The lowest BCUT2D eigenvalue weighted by Crippen LogP contribution is -2.47. The van der Waals surface area contributed by atoms with Gasteiger partial charge in [-0.1, -0.05) is 0 Å². The monoisotopic (exact) mass is 233 g/mol. The van der Waals surface area contributed by atoms with E-state index in [2.05, 4.69) is 5.32 Å². The third kappa shape index (κ3) is 2.38. The number of ketones is 1. The highest BCUT2D eigenvalue weighted by Gasteiger charge is 2.17. The van der Waals surface area contributed by atoms with E-state index in [0.29, 0.717) is 24.3 Å². The number of rotatable bonds is 2. The molecule has 0 bridgehead atoms. The molecular formula is C12H15N3O2. The third-order valence-corrected chi connectivity index (χ3v) is 2.82. The van der Waals surface area contributed by atoms with Crippen LogP contribution in [-0.4, -0.2) is 31.3 Å². The molecule has 0 aliphatic carbocycles. The van der Waals surface area contributed by atoms with E-state index in [1.165, 1.54) is 6.92 Å². The minimum absolute atomic E-state index is 0.00506. The first-order chi connectivity index (χ1) is 8.08. The van der Waals surface area contributed by atoms with Gasteiger partial charge in [0.1, 0.15) is 0 Å². The molecule has 5 heteroatoms. The molecule has 17 heavy (non-hydrogen) atoms. The second-order valence-electron chi connectivity index (χ2n) is 4.10. The number of carbonyl (C=O) groups is 2. The van der Waals surface area contributed by atoms with Crippen molar-refractivity contribution >= 4 is 23.1 Å². The van der Waals surface area contributed by atoms with Crippen molar-refractivity contribution in [1.82, 2.24) is 5.32 Å². The Balaban J connectivity index is 2.25. The molecule has 1 aliphatic rings. The fraction of sp³-hybridized carbons (Fsp3) is 0.333. The van der Waals surface area contributed by atoms with Gasteiger partial charge in [-0.3, -0.25) is 9.59 Å². The number of anilines is 2. The average molecular weight is 233 g/mol. The molecular weight excluding hydrogens is 218 g/mol. The van der Waals surface area contributed by atoms with Crippen LogP contribution in [0, 0.1) is 0 Å². The van der Waals surface area contributed by atoms with Crippen molar-refractivity contribution in [1.29, 1.82) is 0 Å². The zero-order valence-corrected chi connectivity index (χ0v) is 9.69. The summed E-state index contributed by atoms with van der Waals surface area (Å²) in [6.07, 6.45) is 0. The summed E-state index contributed by atoms with van der Waals surface area (Å²) in [5, 5.41) is 2.76. The summed E-state index contributed by atoms with van der Waals surface area (Å²) in [6, 6.07) is 5.28. The maximum Gasteiger partial charge on any atom is 0.239 e. The summed E-state index contributed by atoms with van der Waals surface area (Å²) in [6.45, 7) is 3.20. The lowest BCUT2D eigenvalue weighted by Gasteiger charge is -2.28. The van der Waals surface area contributed by atoms with Crippen molar-refractivity contribution in [2.24, 2.45) is 0 Å². The predicted octanol–water partition coefficient (Wildman–Crippen LogP) is 0.408. The maximum absolute atomic E-state index is 11.3. The summed E-state index contributed by atoms with van der Waals surface area (Å²) in [5.74, 6) is -0.0455. The van der Waals surface area contributed by atoms with Crippen LogP contribution >= 0.6 is 0 Å². The van der Waals surface area contributed by atoms with E-state index in [4.69, 9.17) is 5.73 Å². The van der Waals surface area contributed by atoms with Gasteiger partial charge in [-0.2, -0.15) is 0 Å². The summed E-state index contributed by atoms with van der Waals surface area (Å²) in [4.78, 5) is 24.5. The van der Waals surface area contributed by atoms with E-state index in [1.54, 1.807) is 12.1 Å². The largest absolute Gasteiger partial charge is 0.398 e. The molecule has 0 saturated carbocycles. The Labute approximate surface area is 99.6 Å². The van der Waals surface area contributed by atoms with Gasteiger partial charge in [0.25, 0.3) is 0 Å². The Morgan fingerprint density at radius 1 is 1.47 bits per heavy atom. The second-order valence-corrected chi connectivity index (χ2v) is 4.10. The SMILES string of the molecule is CC(=O)c1ccc(N2CCNC(=O)C2)cc1N. The smallest absolute Gasteiger partial charge is 0.239 e. The highest BCUT2D eigenvalue weighted by atomic mass is 16.2. The summed E-state index contributed by atoms with van der Waals surface area (Å²) < 4.78 is 0. The molecule has 0 unspecified atom stereocenters. The predicted molar refractivity (Wildman–Crippen MR) is 66.1 cm³/mol. The Hall–Kier alpha value is -2.04. The van der Waals surface area contributed by atoms with Crippen molar-refractivity contribution < 1.29 is 9.59 Å². The van der Waals surface area contributed by atoms with Crippen LogP contribution < -0.4 is 16.0 Å². The number of benzene rings is 1. The molecule has 0 spiro atoms. The summed E-state index contributed by atoms with van der Waals surface area (Å²) in [5.41, 5.74) is 7.68. The van der Waals surface area contributed by atoms with Gasteiger partial charge in [0.2, 0.25) is 5.91 Å². The van der Waals surface area contributed by atoms with Crippen LogP contribution in [-0.2, 0) is 4.79 Å². The molecule has 90 valence electrons. The van der Waals surface area contributed by atoms with Crippen molar-refractivity contribution in [2.75, 3.05) is 30.3 Å². The molecule has 0 radical (unpaired) electrons. The molecule has 1 aliphatic heterocycles. The molecule has 2 rings (SSSR count). The van der Waals surface area contributed by atoms with Gasteiger partial charge in [0.05, 0.1) is 6.54 Å². The minimum atomic E-state index is -0.0505. The van der Waals surface area contributed by atoms with Crippen LogP contribution in [0.4, 0.5) is 11.4 Å². The second kappa shape index (κ2) is 4.45. The standard InChI is InChI=1S/C12H15N3O2/c1-8(16)10-3-2-9(6-11(10)13)15-5-4-14-12(17)7-15/h2-3,6H,4-5,7,13H2,1H3,(H,14,17). The molecule has 1 aromatic rings. The molecule has 3 N–H and O–H groups in total. The first-order valence-corrected chi connectivity index (χ1v) is 5.50. The van der Waals surface area contributed by atoms with Crippen molar-refractivity contribution in [3.63, 3.8) is 0 Å². The molecule has 0 atom stereocenters. The number of piperazine rings is 1. The average Bonchev–Trinajstić information content (AvgIpc) is 2.28. The molecule has 1 amide bonds. The third-order valence-electron chi connectivity index (χ3n) is 2.82. The van der Waals surface area contributed by atoms with E-state index < -0.39 is 0 Å². The Kier molecular flexibility index (Phi) is 2.99. The van der Waals surface area contributed by atoms with Crippen LogP contribution in [0.3, 0.4) is 0 Å². The van der Waals surface area contributed by atoms with E-state index in [1.807, 2.05) is 11.0 Å². The first kappa shape index (κ1) is 11.4. The van der Waals surface area contributed by atoms with Crippen molar-refractivity contribution in [3.05, 3.63) is 23.8 Å². The van der Waals surface area contributed by atoms with Crippen molar-refractivity contribution in [3.8, 4) is 0 Å². The molecule has 1 aromatic carbocycles. The molecule has 1 fully saturated rings. The maximum atomic E-state index is 11.3. The number of hydrogen-bond donors (Lipinski definition) is 2. The zero-order valence-electron chi connectivity index (χ0n) is 9.69. The van der Waals surface area contributed by atoms with E-state index >= 15 is 0 Å². The van der Waals surface area contributed by atoms with Crippen LogP contribution in [0.1, 0.15) is 17.3 Å². The Bertz CT molecular complexity index is 471. The molecule has 1 saturated heterocycles. The number of nitrogens with one attached hydrogen (secondary N) is 1. The number of carbonyl (C=O) groups excluding carboxylic acids is 2. The van der Waals surface area contributed by atoms with Gasteiger partial charge in [0.15, 0.2) is 5.78 Å². The van der Waals surface area contributed by atoms with Gasteiger partial charge >= 0.3 is 0 Å². The van der Waals surface area contributed by atoms with Gasteiger partial charge in [-0.05, 0) is 25.1 Å². The number of nitrogen functional groups attached to an aromatic ring is 1. The Morgan fingerprint density at radius 3 is 2.82 bits per heavy atom.